The number of benzene rings is 2. The number of nitrogens with zero attached hydrogens (tertiary/aromatic N) is 3. The van der Waals surface area contributed by atoms with E-state index in [4.69, 9.17) is 0 Å². The van der Waals surface area contributed by atoms with Gasteiger partial charge in [0.2, 0.25) is 15.9 Å². The quantitative estimate of drug-likeness (QED) is 0.525. The standard InChI is InChI=1S/C21H25N5O3S2/c1-15-8-10-17(11-9-15)26-14-22-24-20(26)30-13-19(27)23-16-6-5-7-18(12-16)31(28,29)25-21(2,3)4/h5-12,14,25H,13H2,1-4H3,(H,23,27). The zero-order chi connectivity index (χ0) is 22.6. The van der Waals surface area contributed by atoms with Crippen molar-refractivity contribution in [1.29, 1.82) is 0 Å². The van der Waals surface area contributed by atoms with Crippen LogP contribution in [0.4, 0.5) is 5.69 Å². The minimum absolute atomic E-state index is 0.0898. The molecule has 31 heavy (non-hydrogen) atoms. The van der Waals surface area contributed by atoms with Gasteiger partial charge in [-0.2, -0.15) is 0 Å². The van der Waals surface area contributed by atoms with E-state index in [2.05, 4.69) is 20.2 Å². The van der Waals surface area contributed by atoms with Gasteiger partial charge in [0.1, 0.15) is 6.33 Å². The number of sulfonamides is 1. The van der Waals surface area contributed by atoms with Crippen LogP contribution < -0.4 is 10.0 Å². The number of hydrogen-bond donors (Lipinski definition) is 2. The van der Waals surface area contributed by atoms with Crippen LogP contribution in [0.5, 0.6) is 0 Å². The highest BCUT2D eigenvalue weighted by Crippen LogP contribution is 2.21. The van der Waals surface area contributed by atoms with Gasteiger partial charge in [-0.15, -0.1) is 10.2 Å². The van der Waals surface area contributed by atoms with Crippen LogP contribution in [0.1, 0.15) is 26.3 Å². The summed E-state index contributed by atoms with van der Waals surface area (Å²) in [6.45, 7) is 7.31. The molecule has 164 valence electrons. The Morgan fingerprint density at radius 2 is 1.84 bits per heavy atom. The molecule has 1 amide bonds. The fourth-order valence-electron chi connectivity index (χ4n) is 2.74. The molecule has 0 fully saturated rings. The Balaban J connectivity index is 1.65. The van der Waals surface area contributed by atoms with Gasteiger partial charge in [0, 0.05) is 16.9 Å². The van der Waals surface area contributed by atoms with Gasteiger partial charge in [0.15, 0.2) is 5.16 Å². The molecular weight excluding hydrogens is 434 g/mol. The fraction of sp³-hybridized carbons (Fsp3) is 0.286. The average molecular weight is 460 g/mol. The van der Waals surface area contributed by atoms with Gasteiger partial charge in [-0.1, -0.05) is 35.5 Å². The second kappa shape index (κ2) is 9.21. The highest BCUT2D eigenvalue weighted by Gasteiger charge is 2.22. The molecule has 0 aliphatic carbocycles. The molecule has 8 nitrogen and oxygen atoms in total. The van der Waals surface area contributed by atoms with Crippen molar-refractivity contribution in [3.8, 4) is 5.69 Å². The monoisotopic (exact) mass is 459 g/mol. The van der Waals surface area contributed by atoms with Crippen molar-refractivity contribution in [3.05, 3.63) is 60.4 Å². The molecule has 1 aromatic heterocycles. The lowest BCUT2D eigenvalue weighted by molar-refractivity contribution is -0.113. The maximum Gasteiger partial charge on any atom is 0.241 e. The highest BCUT2D eigenvalue weighted by molar-refractivity contribution is 7.99. The number of aryl methyl sites for hydroxylation is 1. The van der Waals surface area contributed by atoms with Crippen molar-refractivity contribution in [2.24, 2.45) is 0 Å². The van der Waals surface area contributed by atoms with Crippen molar-refractivity contribution >= 4 is 33.4 Å². The van der Waals surface area contributed by atoms with E-state index in [0.29, 0.717) is 10.8 Å². The summed E-state index contributed by atoms with van der Waals surface area (Å²) in [5, 5.41) is 11.3. The van der Waals surface area contributed by atoms with E-state index in [0.717, 1.165) is 11.3 Å². The minimum Gasteiger partial charge on any atom is -0.325 e. The number of aromatic nitrogens is 3. The summed E-state index contributed by atoms with van der Waals surface area (Å²) in [7, 11) is -3.69. The molecule has 10 heteroatoms. The summed E-state index contributed by atoms with van der Waals surface area (Å²) in [5.41, 5.74) is 1.85. The number of carbonyl (C=O) groups is 1. The average Bonchev–Trinajstić information content (AvgIpc) is 3.14. The summed E-state index contributed by atoms with van der Waals surface area (Å²) in [4.78, 5) is 12.5. The zero-order valence-electron chi connectivity index (χ0n) is 17.8. The predicted octanol–water partition coefficient (Wildman–Crippen LogP) is 3.38. The maximum absolute atomic E-state index is 12.5. The number of amides is 1. The third kappa shape index (κ3) is 6.39. The van der Waals surface area contributed by atoms with E-state index in [1.54, 1.807) is 39.2 Å². The molecule has 0 aliphatic rings. The molecular formula is C21H25N5O3S2. The van der Waals surface area contributed by atoms with Gasteiger partial charge < -0.3 is 5.32 Å². The zero-order valence-corrected chi connectivity index (χ0v) is 19.4. The van der Waals surface area contributed by atoms with Crippen LogP contribution in [-0.4, -0.2) is 40.4 Å². The van der Waals surface area contributed by atoms with E-state index >= 15 is 0 Å². The maximum atomic E-state index is 12.5. The lowest BCUT2D eigenvalue weighted by Crippen LogP contribution is -2.40. The Labute approximate surface area is 186 Å². The number of carbonyl (C=O) groups excluding carboxylic acids is 1. The van der Waals surface area contributed by atoms with E-state index in [-0.39, 0.29) is 16.6 Å². The molecule has 2 aromatic carbocycles. The summed E-state index contributed by atoms with van der Waals surface area (Å²) in [5.74, 6) is -0.177. The third-order valence-corrected chi connectivity index (χ3v) is 6.73. The topological polar surface area (TPSA) is 106 Å². The molecule has 3 rings (SSSR count). The van der Waals surface area contributed by atoms with Crippen LogP contribution in [0.2, 0.25) is 0 Å². The Hall–Kier alpha value is -2.69. The fourth-order valence-corrected chi connectivity index (χ4v) is 4.93. The highest BCUT2D eigenvalue weighted by atomic mass is 32.2. The van der Waals surface area contributed by atoms with Crippen LogP contribution >= 0.6 is 11.8 Å². The lowest BCUT2D eigenvalue weighted by atomic mass is 10.1. The SMILES string of the molecule is Cc1ccc(-n2cnnc2SCC(=O)Nc2cccc(S(=O)(=O)NC(C)(C)C)c2)cc1. The van der Waals surface area contributed by atoms with Crippen molar-refractivity contribution < 1.29 is 13.2 Å². The largest absolute Gasteiger partial charge is 0.325 e. The first-order valence-electron chi connectivity index (χ1n) is 9.57. The number of hydrogen-bond acceptors (Lipinski definition) is 6. The summed E-state index contributed by atoms with van der Waals surface area (Å²) in [6, 6.07) is 14.1. The van der Waals surface area contributed by atoms with Gasteiger partial charge in [-0.3, -0.25) is 9.36 Å². The van der Waals surface area contributed by atoms with Gasteiger partial charge in [-0.05, 0) is 58.0 Å². The molecule has 0 saturated carbocycles. The summed E-state index contributed by atoms with van der Waals surface area (Å²) < 4.78 is 29.4. The van der Waals surface area contributed by atoms with Gasteiger partial charge in [0.25, 0.3) is 0 Å². The van der Waals surface area contributed by atoms with E-state index in [9.17, 15) is 13.2 Å². The van der Waals surface area contributed by atoms with Crippen LogP contribution in [0.15, 0.2) is 64.9 Å². The number of anilines is 1. The van der Waals surface area contributed by atoms with Crippen molar-refractivity contribution in [2.75, 3.05) is 11.1 Å². The van der Waals surface area contributed by atoms with Crippen LogP contribution in [-0.2, 0) is 14.8 Å². The molecule has 0 radical (unpaired) electrons. The molecule has 0 spiro atoms. The van der Waals surface area contributed by atoms with Gasteiger partial charge >= 0.3 is 0 Å². The molecule has 2 N–H and O–H groups in total. The van der Waals surface area contributed by atoms with Crippen molar-refractivity contribution in [3.63, 3.8) is 0 Å². The third-order valence-electron chi connectivity index (χ3n) is 4.03. The first kappa shape index (κ1) is 23.0. The second-order valence-electron chi connectivity index (χ2n) is 8.04. The van der Waals surface area contributed by atoms with Crippen LogP contribution in [0, 0.1) is 6.92 Å². The Morgan fingerprint density at radius 3 is 2.52 bits per heavy atom. The first-order chi connectivity index (χ1) is 14.5. The molecule has 3 aromatic rings. The first-order valence-corrected chi connectivity index (χ1v) is 12.0. The van der Waals surface area contributed by atoms with Crippen molar-refractivity contribution in [2.45, 2.75) is 43.3 Å². The molecule has 0 atom stereocenters. The number of rotatable bonds is 7. The van der Waals surface area contributed by atoms with E-state index in [1.807, 2.05) is 35.8 Å². The smallest absolute Gasteiger partial charge is 0.241 e. The number of thioether (sulfide) groups is 1. The molecule has 0 bridgehead atoms. The molecule has 0 saturated heterocycles. The van der Waals surface area contributed by atoms with E-state index < -0.39 is 15.6 Å². The van der Waals surface area contributed by atoms with E-state index in [1.165, 1.54) is 23.9 Å². The Morgan fingerprint density at radius 1 is 1.13 bits per heavy atom. The van der Waals surface area contributed by atoms with Gasteiger partial charge in [0.05, 0.1) is 10.6 Å². The summed E-state index contributed by atoms with van der Waals surface area (Å²) in [6.07, 6.45) is 1.60. The predicted molar refractivity (Wildman–Crippen MR) is 122 cm³/mol. The van der Waals surface area contributed by atoms with Crippen LogP contribution in [0.3, 0.4) is 0 Å². The molecule has 0 unspecified atom stereocenters. The van der Waals surface area contributed by atoms with Crippen molar-refractivity contribution in [1.82, 2.24) is 19.5 Å². The van der Waals surface area contributed by atoms with Crippen LogP contribution in [0.25, 0.3) is 5.69 Å². The minimum atomic E-state index is -3.69. The molecule has 1 heterocycles. The Bertz CT molecular complexity index is 1170. The Kier molecular flexibility index (Phi) is 6.83. The lowest BCUT2D eigenvalue weighted by Gasteiger charge is -2.20. The normalized spacial score (nSPS) is 12.0. The second-order valence-corrected chi connectivity index (χ2v) is 10.7. The van der Waals surface area contributed by atoms with Gasteiger partial charge in [-0.25, -0.2) is 13.1 Å². The number of nitrogens with one attached hydrogen (secondary N) is 2. The summed E-state index contributed by atoms with van der Waals surface area (Å²) >= 11 is 1.24. The molecule has 0 aliphatic heterocycles.